The molecule has 0 saturated carbocycles. The SMILES string of the molecule is CC(CC(=O)O)CN(C)c1ccc2c(c1)CCO2. The summed E-state index contributed by atoms with van der Waals surface area (Å²) in [4.78, 5) is 12.7. The van der Waals surface area contributed by atoms with E-state index in [9.17, 15) is 4.79 Å². The minimum absolute atomic E-state index is 0.136. The molecule has 1 aliphatic rings. The van der Waals surface area contributed by atoms with Gasteiger partial charge in [-0.2, -0.15) is 0 Å². The molecule has 1 heterocycles. The molecule has 0 fully saturated rings. The number of benzene rings is 1. The van der Waals surface area contributed by atoms with Crippen LogP contribution in [0.25, 0.3) is 0 Å². The predicted molar refractivity (Wildman–Crippen MR) is 70.3 cm³/mol. The second kappa shape index (κ2) is 5.29. The van der Waals surface area contributed by atoms with E-state index < -0.39 is 5.97 Å². The van der Waals surface area contributed by atoms with Crippen LogP contribution in [0.5, 0.6) is 5.75 Å². The number of hydrogen-bond acceptors (Lipinski definition) is 3. The molecule has 1 aromatic carbocycles. The van der Waals surface area contributed by atoms with E-state index in [1.54, 1.807) is 0 Å². The molecular weight excluding hydrogens is 230 g/mol. The number of carboxylic acid groups (broad SMARTS) is 1. The van der Waals surface area contributed by atoms with E-state index in [0.29, 0.717) is 0 Å². The van der Waals surface area contributed by atoms with Crippen molar-refractivity contribution in [3.8, 4) is 5.75 Å². The maximum atomic E-state index is 10.6. The molecule has 98 valence electrons. The Balaban J connectivity index is 2.00. The van der Waals surface area contributed by atoms with Gasteiger partial charge in [0.05, 0.1) is 6.61 Å². The summed E-state index contributed by atoms with van der Waals surface area (Å²) >= 11 is 0. The van der Waals surface area contributed by atoms with Crippen LogP contribution < -0.4 is 9.64 Å². The Morgan fingerprint density at radius 3 is 3.06 bits per heavy atom. The fraction of sp³-hybridized carbons (Fsp3) is 0.500. The summed E-state index contributed by atoms with van der Waals surface area (Å²) in [5, 5.41) is 8.76. The van der Waals surface area contributed by atoms with Crippen molar-refractivity contribution in [2.45, 2.75) is 19.8 Å². The fourth-order valence-electron chi connectivity index (χ4n) is 2.35. The molecule has 1 atom stereocenters. The number of aliphatic carboxylic acids is 1. The van der Waals surface area contributed by atoms with Gasteiger partial charge in [0.2, 0.25) is 0 Å². The molecule has 1 unspecified atom stereocenters. The zero-order valence-electron chi connectivity index (χ0n) is 10.8. The molecule has 2 rings (SSSR count). The van der Waals surface area contributed by atoms with Crippen LogP contribution in [0.4, 0.5) is 5.69 Å². The molecule has 0 radical (unpaired) electrons. The fourth-order valence-corrected chi connectivity index (χ4v) is 2.35. The molecule has 1 aliphatic heterocycles. The van der Waals surface area contributed by atoms with Crippen LogP contribution in [-0.4, -0.2) is 31.3 Å². The first kappa shape index (κ1) is 12.7. The quantitative estimate of drug-likeness (QED) is 0.869. The monoisotopic (exact) mass is 249 g/mol. The average molecular weight is 249 g/mol. The van der Waals surface area contributed by atoms with E-state index in [1.807, 2.05) is 26.1 Å². The Morgan fingerprint density at radius 1 is 1.56 bits per heavy atom. The van der Waals surface area contributed by atoms with Crippen LogP contribution in [-0.2, 0) is 11.2 Å². The molecule has 0 bridgehead atoms. The third kappa shape index (κ3) is 2.94. The Bertz CT molecular complexity index is 445. The number of anilines is 1. The zero-order chi connectivity index (χ0) is 13.1. The first-order valence-electron chi connectivity index (χ1n) is 6.25. The van der Waals surface area contributed by atoms with E-state index >= 15 is 0 Å². The van der Waals surface area contributed by atoms with E-state index in [4.69, 9.17) is 9.84 Å². The Labute approximate surface area is 107 Å². The van der Waals surface area contributed by atoms with Gasteiger partial charge in [-0.05, 0) is 29.7 Å². The van der Waals surface area contributed by atoms with Crippen molar-refractivity contribution in [2.75, 3.05) is 25.1 Å². The summed E-state index contributed by atoms with van der Waals surface area (Å²) < 4.78 is 5.47. The topological polar surface area (TPSA) is 49.8 Å². The second-order valence-electron chi connectivity index (χ2n) is 4.97. The summed E-state index contributed by atoms with van der Waals surface area (Å²) in [7, 11) is 2.00. The van der Waals surface area contributed by atoms with Crippen molar-refractivity contribution in [1.29, 1.82) is 0 Å². The highest BCUT2D eigenvalue weighted by Gasteiger charge is 2.15. The van der Waals surface area contributed by atoms with Crippen molar-refractivity contribution in [3.05, 3.63) is 23.8 Å². The van der Waals surface area contributed by atoms with E-state index in [2.05, 4.69) is 11.0 Å². The minimum Gasteiger partial charge on any atom is -0.493 e. The van der Waals surface area contributed by atoms with Crippen molar-refractivity contribution < 1.29 is 14.6 Å². The van der Waals surface area contributed by atoms with Gasteiger partial charge >= 0.3 is 5.97 Å². The summed E-state index contributed by atoms with van der Waals surface area (Å²) in [6, 6.07) is 6.16. The average Bonchev–Trinajstić information content (AvgIpc) is 2.74. The maximum absolute atomic E-state index is 10.6. The van der Waals surface area contributed by atoms with E-state index in [1.165, 1.54) is 5.56 Å². The molecule has 0 aromatic heterocycles. The number of carboxylic acids is 1. The van der Waals surface area contributed by atoms with Crippen molar-refractivity contribution in [3.63, 3.8) is 0 Å². The third-order valence-corrected chi connectivity index (χ3v) is 3.22. The summed E-state index contributed by atoms with van der Waals surface area (Å²) in [6.45, 7) is 3.46. The first-order valence-corrected chi connectivity index (χ1v) is 6.25. The smallest absolute Gasteiger partial charge is 0.303 e. The Hall–Kier alpha value is -1.71. The Morgan fingerprint density at radius 2 is 2.33 bits per heavy atom. The molecule has 0 spiro atoms. The van der Waals surface area contributed by atoms with Gasteiger partial charge in [-0.15, -0.1) is 0 Å². The molecule has 0 aliphatic carbocycles. The van der Waals surface area contributed by atoms with Gasteiger partial charge in [0.1, 0.15) is 5.75 Å². The van der Waals surface area contributed by atoms with Crippen molar-refractivity contribution >= 4 is 11.7 Å². The highest BCUT2D eigenvalue weighted by Crippen LogP contribution is 2.29. The van der Waals surface area contributed by atoms with Gasteiger partial charge in [-0.25, -0.2) is 0 Å². The minimum atomic E-state index is -0.738. The maximum Gasteiger partial charge on any atom is 0.303 e. The summed E-state index contributed by atoms with van der Waals surface area (Å²) in [6.07, 6.45) is 1.17. The highest BCUT2D eigenvalue weighted by atomic mass is 16.5. The largest absolute Gasteiger partial charge is 0.493 e. The second-order valence-corrected chi connectivity index (χ2v) is 4.97. The van der Waals surface area contributed by atoms with Gasteiger partial charge in [0.15, 0.2) is 0 Å². The van der Waals surface area contributed by atoms with Crippen LogP contribution in [0.15, 0.2) is 18.2 Å². The van der Waals surface area contributed by atoms with E-state index in [0.717, 1.165) is 31.0 Å². The lowest BCUT2D eigenvalue weighted by molar-refractivity contribution is -0.137. The lowest BCUT2D eigenvalue weighted by atomic mass is 10.1. The zero-order valence-corrected chi connectivity index (χ0v) is 10.8. The Kier molecular flexibility index (Phi) is 3.75. The summed E-state index contributed by atoms with van der Waals surface area (Å²) in [5.74, 6) is 0.376. The number of ether oxygens (including phenoxy) is 1. The number of rotatable bonds is 5. The first-order chi connectivity index (χ1) is 8.56. The molecule has 0 amide bonds. The normalized spacial score (nSPS) is 14.8. The highest BCUT2D eigenvalue weighted by molar-refractivity contribution is 5.67. The third-order valence-electron chi connectivity index (χ3n) is 3.22. The van der Waals surface area contributed by atoms with Gasteiger partial charge in [-0.3, -0.25) is 4.79 Å². The number of carbonyl (C=O) groups is 1. The standard InChI is InChI=1S/C14H19NO3/c1-10(7-14(16)17)9-15(2)12-3-4-13-11(8-12)5-6-18-13/h3-4,8,10H,5-7,9H2,1-2H3,(H,16,17). The molecule has 4 nitrogen and oxygen atoms in total. The lowest BCUT2D eigenvalue weighted by Gasteiger charge is -2.23. The van der Waals surface area contributed by atoms with Crippen molar-refractivity contribution in [1.82, 2.24) is 0 Å². The van der Waals surface area contributed by atoms with Crippen LogP contribution >= 0.6 is 0 Å². The van der Waals surface area contributed by atoms with Crippen LogP contribution in [0, 0.1) is 5.92 Å². The van der Waals surface area contributed by atoms with Gasteiger partial charge in [-0.1, -0.05) is 6.92 Å². The van der Waals surface area contributed by atoms with Gasteiger partial charge < -0.3 is 14.7 Å². The van der Waals surface area contributed by atoms with Gasteiger partial charge in [0.25, 0.3) is 0 Å². The van der Waals surface area contributed by atoms with Crippen LogP contribution in [0.2, 0.25) is 0 Å². The number of fused-ring (bicyclic) bond motifs is 1. The lowest BCUT2D eigenvalue weighted by Crippen LogP contribution is -2.25. The number of nitrogens with zero attached hydrogens (tertiary/aromatic N) is 1. The molecule has 0 saturated heterocycles. The summed E-state index contributed by atoms with van der Waals surface area (Å²) in [5.41, 5.74) is 2.36. The molecule has 18 heavy (non-hydrogen) atoms. The molecular formula is C14H19NO3. The molecule has 4 heteroatoms. The van der Waals surface area contributed by atoms with E-state index in [-0.39, 0.29) is 12.3 Å². The number of hydrogen-bond donors (Lipinski definition) is 1. The predicted octanol–water partition coefficient (Wildman–Crippen LogP) is 2.17. The van der Waals surface area contributed by atoms with Gasteiger partial charge in [0, 0.05) is 32.1 Å². The van der Waals surface area contributed by atoms with Crippen LogP contribution in [0.1, 0.15) is 18.9 Å². The molecule has 1 aromatic rings. The van der Waals surface area contributed by atoms with Crippen LogP contribution in [0.3, 0.4) is 0 Å². The van der Waals surface area contributed by atoms with Crippen molar-refractivity contribution in [2.24, 2.45) is 5.92 Å². The molecule has 1 N–H and O–H groups in total.